The van der Waals surface area contributed by atoms with Crippen LogP contribution in [0.2, 0.25) is 0 Å². The Morgan fingerprint density at radius 1 is 1.46 bits per heavy atom. The number of methoxy groups -OCH3 is 1. The summed E-state index contributed by atoms with van der Waals surface area (Å²) in [6.07, 6.45) is 0.189. The lowest BCUT2D eigenvalue weighted by Gasteiger charge is -2.44. The van der Waals surface area contributed by atoms with E-state index in [1.165, 1.54) is 23.8 Å². The highest BCUT2D eigenvalue weighted by Crippen LogP contribution is 2.48. The number of esters is 1. The Kier molecular flexibility index (Phi) is 4.58. The van der Waals surface area contributed by atoms with Crippen LogP contribution in [-0.2, 0) is 19.1 Å². The van der Waals surface area contributed by atoms with Gasteiger partial charge in [0.25, 0.3) is 0 Å². The van der Waals surface area contributed by atoms with Gasteiger partial charge in [0.05, 0.1) is 25.2 Å². The van der Waals surface area contributed by atoms with Crippen molar-refractivity contribution in [1.82, 2.24) is 10.2 Å². The van der Waals surface area contributed by atoms with Gasteiger partial charge in [-0.15, -0.1) is 11.8 Å². The summed E-state index contributed by atoms with van der Waals surface area (Å²) in [4.78, 5) is 37.2. The van der Waals surface area contributed by atoms with Crippen molar-refractivity contribution in [2.75, 3.05) is 13.7 Å². The van der Waals surface area contributed by atoms with E-state index in [-0.39, 0.29) is 34.9 Å². The van der Waals surface area contributed by atoms with E-state index in [1.54, 1.807) is 6.92 Å². The molecule has 5 atom stereocenters. The number of carbonyl (C=O) groups is 3. The molecule has 0 bridgehead atoms. The lowest BCUT2D eigenvalue weighted by molar-refractivity contribution is -0.161. The number of carbonyl (C=O) groups excluding carboxylic acids is 2. The predicted octanol–water partition coefficient (Wildman–Crippen LogP) is -0.469. The highest BCUT2D eigenvalue weighted by molar-refractivity contribution is 8.03. The fourth-order valence-electron chi connectivity index (χ4n) is 3.65. The number of aliphatic hydroxyl groups excluding tert-OH is 1. The van der Waals surface area contributed by atoms with Crippen molar-refractivity contribution in [3.05, 3.63) is 10.6 Å². The van der Waals surface area contributed by atoms with E-state index in [9.17, 15) is 24.6 Å². The Labute approximate surface area is 143 Å². The molecule has 24 heavy (non-hydrogen) atoms. The molecular formula is C15H20N2O6S. The van der Waals surface area contributed by atoms with Gasteiger partial charge in [-0.1, -0.05) is 0 Å². The van der Waals surface area contributed by atoms with Gasteiger partial charge in [-0.2, -0.15) is 0 Å². The van der Waals surface area contributed by atoms with Crippen LogP contribution in [0.1, 0.15) is 19.8 Å². The molecule has 2 fully saturated rings. The lowest BCUT2D eigenvalue weighted by Crippen LogP contribution is -2.61. The van der Waals surface area contributed by atoms with E-state index in [0.717, 1.165) is 0 Å². The number of carboxylic acids is 1. The van der Waals surface area contributed by atoms with Gasteiger partial charge in [0, 0.05) is 23.1 Å². The van der Waals surface area contributed by atoms with Gasteiger partial charge < -0.3 is 25.2 Å². The number of nitrogens with one attached hydrogen (secondary N) is 1. The summed E-state index contributed by atoms with van der Waals surface area (Å²) in [5, 5.41) is 22.3. The summed E-state index contributed by atoms with van der Waals surface area (Å²) in [6.45, 7) is 2.12. The fourth-order valence-corrected chi connectivity index (χ4v) is 5.09. The number of aliphatic hydroxyl groups is 1. The van der Waals surface area contributed by atoms with Gasteiger partial charge in [-0.25, -0.2) is 4.79 Å². The summed E-state index contributed by atoms with van der Waals surface area (Å²) < 4.78 is 4.71. The number of hydrogen-bond donors (Lipinski definition) is 3. The van der Waals surface area contributed by atoms with Crippen LogP contribution in [0, 0.1) is 5.92 Å². The number of β-lactam (4-membered cyclic amide) rings is 1. The standard InChI is InChI=1S/C15H20N2O6S/c1-6(18)11-9-4-10(12(14(20)21)17(9)13(11)19)24-7-3-8(16-5-7)15(22)23-2/h6-9,11,16,18H,3-5H2,1-2H3,(H,20,21)/t6?,7-,8?,9+,11+/m0/s1. The number of nitrogens with zero attached hydrogens (tertiary/aromatic N) is 1. The average Bonchev–Trinajstić information content (AvgIpc) is 3.09. The molecule has 0 aromatic rings. The molecule has 3 aliphatic rings. The number of ether oxygens (including phenoxy) is 1. The number of carboxylic acid groups (broad SMARTS) is 1. The van der Waals surface area contributed by atoms with Crippen LogP contribution in [0.5, 0.6) is 0 Å². The molecule has 0 aliphatic carbocycles. The average molecular weight is 356 g/mol. The maximum absolute atomic E-state index is 12.1. The van der Waals surface area contributed by atoms with E-state index >= 15 is 0 Å². The van der Waals surface area contributed by atoms with Gasteiger partial charge in [0.1, 0.15) is 11.7 Å². The molecule has 0 aromatic heterocycles. The second-order valence-corrected chi connectivity index (χ2v) is 7.68. The normalized spacial score (nSPS) is 33.3. The topological polar surface area (TPSA) is 116 Å². The molecule has 0 aromatic carbocycles. The summed E-state index contributed by atoms with van der Waals surface area (Å²) in [7, 11) is 1.33. The maximum atomic E-state index is 12.1. The summed E-state index contributed by atoms with van der Waals surface area (Å²) >= 11 is 1.40. The first kappa shape index (κ1) is 17.2. The zero-order chi connectivity index (χ0) is 17.6. The summed E-state index contributed by atoms with van der Waals surface area (Å²) in [5.41, 5.74) is 0.0217. The molecule has 1 amide bonds. The van der Waals surface area contributed by atoms with E-state index in [0.29, 0.717) is 24.3 Å². The third-order valence-corrected chi connectivity index (χ3v) is 6.11. The number of aliphatic carboxylic acids is 1. The minimum atomic E-state index is -1.13. The van der Waals surface area contributed by atoms with Crippen LogP contribution in [0.25, 0.3) is 0 Å². The van der Waals surface area contributed by atoms with Crippen molar-refractivity contribution >= 4 is 29.6 Å². The number of thioether (sulfide) groups is 1. The molecule has 2 unspecified atom stereocenters. The molecule has 132 valence electrons. The molecule has 3 heterocycles. The molecule has 3 N–H and O–H groups in total. The quantitative estimate of drug-likeness (QED) is 0.447. The lowest BCUT2D eigenvalue weighted by atomic mass is 9.83. The first-order chi connectivity index (χ1) is 11.3. The monoisotopic (exact) mass is 356 g/mol. The van der Waals surface area contributed by atoms with Crippen LogP contribution < -0.4 is 5.32 Å². The molecular weight excluding hydrogens is 336 g/mol. The van der Waals surface area contributed by atoms with Crippen LogP contribution in [0.3, 0.4) is 0 Å². The maximum Gasteiger partial charge on any atom is 0.353 e. The van der Waals surface area contributed by atoms with Gasteiger partial charge >= 0.3 is 11.9 Å². The zero-order valence-electron chi connectivity index (χ0n) is 13.4. The summed E-state index contributed by atoms with van der Waals surface area (Å²) in [5.74, 6) is -2.33. The van der Waals surface area contributed by atoms with Gasteiger partial charge in [-0.3, -0.25) is 9.59 Å². The van der Waals surface area contributed by atoms with Gasteiger partial charge in [0.15, 0.2) is 0 Å². The summed E-state index contributed by atoms with van der Waals surface area (Å²) in [6, 6.07) is -0.663. The first-order valence-corrected chi connectivity index (χ1v) is 8.68. The third kappa shape index (κ3) is 2.70. The molecule has 3 rings (SSSR count). The molecule has 0 radical (unpaired) electrons. The molecule has 0 saturated carbocycles. The van der Waals surface area contributed by atoms with Crippen LogP contribution in [0.15, 0.2) is 10.6 Å². The zero-order valence-corrected chi connectivity index (χ0v) is 14.2. The highest BCUT2D eigenvalue weighted by Gasteiger charge is 2.57. The van der Waals surface area contributed by atoms with Crippen molar-refractivity contribution in [1.29, 1.82) is 0 Å². The molecule has 0 spiro atoms. The van der Waals surface area contributed by atoms with Gasteiger partial charge in [0.2, 0.25) is 5.91 Å². The van der Waals surface area contributed by atoms with E-state index < -0.39 is 18.0 Å². The molecule has 3 aliphatic heterocycles. The largest absolute Gasteiger partial charge is 0.477 e. The third-order valence-electron chi connectivity index (χ3n) is 4.78. The Bertz CT molecular complexity index is 619. The first-order valence-electron chi connectivity index (χ1n) is 7.80. The fraction of sp³-hybridized carbons (Fsp3) is 0.667. The van der Waals surface area contributed by atoms with Crippen LogP contribution in [-0.4, -0.2) is 70.1 Å². The number of amides is 1. The predicted molar refractivity (Wildman–Crippen MR) is 84.9 cm³/mol. The molecule has 9 heteroatoms. The SMILES string of the molecule is COC(=O)C1C[C@H](SC2=C(C(=O)O)N3C(=O)[C@H](C(C)O)[C@H]3C2)CN1. The van der Waals surface area contributed by atoms with Crippen molar-refractivity contribution < 1.29 is 29.3 Å². The molecule has 8 nitrogen and oxygen atoms in total. The van der Waals surface area contributed by atoms with Crippen molar-refractivity contribution in [2.45, 2.75) is 43.2 Å². The van der Waals surface area contributed by atoms with Crippen LogP contribution >= 0.6 is 11.8 Å². The highest BCUT2D eigenvalue weighted by atomic mass is 32.2. The minimum absolute atomic E-state index is 0.0217. The van der Waals surface area contributed by atoms with Crippen molar-refractivity contribution in [3.8, 4) is 0 Å². The van der Waals surface area contributed by atoms with Crippen molar-refractivity contribution in [3.63, 3.8) is 0 Å². The molecule has 2 saturated heterocycles. The Morgan fingerprint density at radius 2 is 2.17 bits per heavy atom. The number of rotatable bonds is 5. The van der Waals surface area contributed by atoms with Gasteiger partial charge in [-0.05, 0) is 13.3 Å². The second kappa shape index (κ2) is 6.38. The Balaban J connectivity index is 1.73. The minimum Gasteiger partial charge on any atom is -0.477 e. The smallest absolute Gasteiger partial charge is 0.353 e. The number of hydrogen-bond acceptors (Lipinski definition) is 7. The second-order valence-electron chi connectivity index (χ2n) is 6.28. The van der Waals surface area contributed by atoms with Crippen LogP contribution in [0.4, 0.5) is 0 Å². The Morgan fingerprint density at radius 3 is 2.75 bits per heavy atom. The van der Waals surface area contributed by atoms with E-state index in [4.69, 9.17) is 4.74 Å². The Hall–Kier alpha value is -1.58. The van der Waals surface area contributed by atoms with E-state index in [1.807, 2.05) is 0 Å². The van der Waals surface area contributed by atoms with Crippen molar-refractivity contribution in [2.24, 2.45) is 5.92 Å². The number of fused-ring (bicyclic) bond motifs is 1. The van der Waals surface area contributed by atoms with E-state index in [2.05, 4.69) is 5.32 Å².